The highest BCUT2D eigenvalue weighted by Crippen LogP contribution is 2.33. The van der Waals surface area contributed by atoms with Gasteiger partial charge < -0.3 is 9.72 Å². The molecule has 0 aromatic carbocycles. The van der Waals surface area contributed by atoms with Gasteiger partial charge in [0.25, 0.3) is 0 Å². The van der Waals surface area contributed by atoms with Crippen molar-refractivity contribution in [2.24, 2.45) is 0 Å². The first-order valence-electron chi connectivity index (χ1n) is 8.06. The molecule has 0 atom stereocenters. The lowest BCUT2D eigenvalue weighted by atomic mass is 10.0. The number of aromatic amines is 1. The molecule has 0 bridgehead atoms. The molecule has 0 fully saturated rings. The molecule has 3 aromatic heterocycles. The molecule has 0 unspecified atom stereocenters. The van der Waals surface area contributed by atoms with Crippen LogP contribution in [0.3, 0.4) is 0 Å². The number of ether oxygens (including phenoxy) is 1. The summed E-state index contributed by atoms with van der Waals surface area (Å²) >= 11 is 1.30. The lowest BCUT2D eigenvalue weighted by molar-refractivity contribution is 0.0526. The zero-order valence-corrected chi connectivity index (χ0v) is 14.2. The van der Waals surface area contributed by atoms with Gasteiger partial charge in [0.05, 0.1) is 12.3 Å². The summed E-state index contributed by atoms with van der Waals surface area (Å²) in [6.45, 7) is 2.14. The highest BCUT2D eigenvalue weighted by atomic mass is 32.1. The minimum absolute atomic E-state index is 0.350. The molecule has 0 saturated heterocycles. The molecule has 1 aliphatic carbocycles. The molecule has 0 saturated carbocycles. The van der Waals surface area contributed by atoms with E-state index in [9.17, 15) is 4.79 Å². The van der Waals surface area contributed by atoms with Crippen molar-refractivity contribution < 1.29 is 9.53 Å². The number of H-pyrrole nitrogens is 1. The van der Waals surface area contributed by atoms with E-state index < -0.39 is 0 Å². The first-order valence-corrected chi connectivity index (χ1v) is 8.94. The van der Waals surface area contributed by atoms with Gasteiger partial charge >= 0.3 is 5.97 Å². The van der Waals surface area contributed by atoms with E-state index in [4.69, 9.17) is 4.74 Å². The summed E-state index contributed by atoms with van der Waals surface area (Å²) in [6.07, 6.45) is 9.57. The first kappa shape index (κ1) is 15.1. The van der Waals surface area contributed by atoms with Crippen LogP contribution in [0.15, 0.2) is 29.9 Å². The van der Waals surface area contributed by atoms with Gasteiger partial charge in [0.1, 0.15) is 5.65 Å². The SMILES string of the molecule is CCOC(=O)c1nc(-c2c[nH]c3ncc(C4=CCCC4)cc23)cs1. The van der Waals surface area contributed by atoms with Gasteiger partial charge in [0, 0.05) is 28.7 Å². The molecule has 1 N–H and O–H groups in total. The summed E-state index contributed by atoms with van der Waals surface area (Å²) in [5, 5.41) is 3.29. The van der Waals surface area contributed by atoms with Crippen molar-refractivity contribution in [2.45, 2.75) is 26.2 Å². The van der Waals surface area contributed by atoms with Crippen molar-refractivity contribution in [1.82, 2.24) is 15.0 Å². The Balaban J connectivity index is 1.74. The van der Waals surface area contributed by atoms with E-state index in [-0.39, 0.29) is 5.97 Å². The second kappa shape index (κ2) is 6.20. The van der Waals surface area contributed by atoms with E-state index in [0.29, 0.717) is 11.6 Å². The van der Waals surface area contributed by atoms with Crippen molar-refractivity contribution in [2.75, 3.05) is 6.61 Å². The molecule has 1 aliphatic rings. The normalized spacial score (nSPS) is 14.1. The molecule has 6 heteroatoms. The van der Waals surface area contributed by atoms with Gasteiger partial charge in [-0.15, -0.1) is 11.3 Å². The average Bonchev–Trinajstić information content (AvgIpc) is 3.33. The minimum atomic E-state index is -0.372. The van der Waals surface area contributed by atoms with E-state index in [1.807, 2.05) is 17.8 Å². The Bertz CT molecular complexity index is 939. The van der Waals surface area contributed by atoms with E-state index in [2.05, 4.69) is 27.1 Å². The zero-order chi connectivity index (χ0) is 16.5. The Hall–Kier alpha value is -2.47. The molecule has 5 nitrogen and oxygen atoms in total. The number of rotatable bonds is 4. The van der Waals surface area contributed by atoms with Crippen LogP contribution in [0.1, 0.15) is 41.6 Å². The Morgan fingerprint density at radius 1 is 1.46 bits per heavy atom. The first-order chi connectivity index (χ1) is 11.8. The van der Waals surface area contributed by atoms with Gasteiger partial charge in [-0.2, -0.15) is 0 Å². The maximum Gasteiger partial charge on any atom is 0.367 e. The standard InChI is InChI=1S/C18H17N3O2S/c1-2-23-18(22)17-21-15(10-24-17)14-9-20-16-13(14)7-12(8-19-16)11-5-3-4-6-11/h5,7-10H,2-4,6H2,1H3,(H,19,20). The molecular weight excluding hydrogens is 322 g/mol. The fourth-order valence-corrected chi connectivity index (χ4v) is 3.72. The number of carbonyl (C=O) groups excluding carboxylic acids is 1. The predicted molar refractivity (Wildman–Crippen MR) is 95.0 cm³/mol. The van der Waals surface area contributed by atoms with Crippen LogP contribution in [0.5, 0.6) is 0 Å². The van der Waals surface area contributed by atoms with Gasteiger partial charge in [-0.25, -0.2) is 14.8 Å². The molecule has 0 amide bonds. The van der Waals surface area contributed by atoms with Crippen LogP contribution in [0.2, 0.25) is 0 Å². The van der Waals surface area contributed by atoms with Gasteiger partial charge in [-0.3, -0.25) is 0 Å². The molecule has 3 aromatic rings. The average molecular weight is 339 g/mol. The molecule has 24 heavy (non-hydrogen) atoms. The second-order valence-corrected chi connectivity index (χ2v) is 6.56. The van der Waals surface area contributed by atoms with E-state index in [1.54, 1.807) is 6.92 Å². The van der Waals surface area contributed by atoms with E-state index in [0.717, 1.165) is 35.1 Å². The lowest BCUT2D eigenvalue weighted by Gasteiger charge is -2.02. The van der Waals surface area contributed by atoms with Crippen molar-refractivity contribution in [3.05, 3.63) is 40.5 Å². The summed E-state index contributed by atoms with van der Waals surface area (Å²) in [5.74, 6) is -0.372. The summed E-state index contributed by atoms with van der Waals surface area (Å²) in [6, 6.07) is 2.16. The largest absolute Gasteiger partial charge is 0.461 e. The van der Waals surface area contributed by atoms with Gasteiger partial charge in [0.2, 0.25) is 5.01 Å². The van der Waals surface area contributed by atoms with Gasteiger partial charge in [0.15, 0.2) is 0 Å². The number of nitrogens with zero attached hydrogens (tertiary/aromatic N) is 2. The summed E-state index contributed by atoms with van der Waals surface area (Å²) in [5.41, 5.74) is 5.10. The molecule has 122 valence electrons. The molecule has 4 rings (SSSR count). The van der Waals surface area contributed by atoms with Crippen molar-refractivity contribution in [3.63, 3.8) is 0 Å². The van der Waals surface area contributed by atoms with Crippen LogP contribution in [-0.4, -0.2) is 27.5 Å². The number of pyridine rings is 1. The zero-order valence-electron chi connectivity index (χ0n) is 13.3. The predicted octanol–water partition coefficient (Wildman–Crippen LogP) is 4.43. The van der Waals surface area contributed by atoms with Crippen LogP contribution in [0.25, 0.3) is 27.9 Å². The second-order valence-electron chi connectivity index (χ2n) is 5.70. The van der Waals surface area contributed by atoms with E-state index >= 15 is 0 Å². The maximum absolute atomic E-state index is 11.8. The number of hydrogen-bond donors (Lipinski definition) is 1. The van der Waals surface area contributed by atoms with E-state index in [1.165, 1.54) is 28.9 Å². The van der Waals surface area contributed by atoms with Crippen molar-refractivity contribution >= 4 is 33.9 Å². The Morgan fingerprint density at radius 2 is 2.38 bits per heavy atom. The van der Waals surface area contributed by atoms with Crippen LogP contribution in [0.4, 0.5) is 0 Å². The smallest absolute Gasteiger partial charge is 0.367 e. The van der Waals surface area contributed by atoms with Crippen molar-refractivity contribution in [3.8, 4) is 11.3 Å². The number of hydrogen-bond acceptors (Lipinski definition) is 5. The topological polar surface area (TPSA) is 67.9 Å². The van der Waals surface area contributed by atoms with Gasteiger partial charge in [-0.1, -0.05) is 6.08 Å². The number of esters is 1. The highest BCUT2D eigenvalue weighted by Gasteiger charge is 2.17. The fraction of sp³-hybridized carbons (Fsp3) is 0.278. The molecule has 3 heterocycles. The van der Waals surface area contributed by atoms with Crippen LogP contribution < -0.4 is 0 Å². The lowest BCUT2D eigenvalue weighted by Crippen LogP contribution is -2.03. The van der Waals surface area contributed by atoms with Crippen LogP contribution in [-0.2, 0) is 4.74 Å². The summed E-state index contributed by atoms with van der Waals surface area (Å²) < 4.78 is 5.01. The molecule has 0 spiro atoms. The molecule has 0 radical (unpaired) electrons. The number of nitrogens with one attached hydrogen (secondary N) is 1. The van der Waals surface area contributed by atoms with Crippen molar-refractivity contribution in [1.29, 1.82) is 0 Å². The number of thiazole rings is 1. The minimum Gasteiger partial charge on any atom is -0.461 e. The number of carbonyl (C=O) groups is 1. The Labute approximate surface area is 143 Å². The number of aromatic nitrogens is 3. The summed E-state index contributed by atoms with van der Waals surface area (Å²) in [4.78, 5) is 24.0. The highest BCUT2D eigenvalue weighted by molar-refractivity contribution is 7.11. The number of allylic oxidation sites excluding steroid dienone is 2. The summed E-state index contributed by atoms with van der Waals surface area (Å²) in [7, 11) is 0. The van der Waals surface area contributed by atoms with Gasteiger partial charge in [-0.05, 0) is 43.4 Å². The Morgan fingerprint density at radius 3 is 3.17 bits per heavy atom. The third-order valence-corrected chi connectivity index (χ3v) is 5.00. The maximum atomic E-state index is 11.8. The van der Waals surface area contributed by atoms with Crippen LogP contribution >= 0.6 is 11.3 Å². The quantitative estimate of drug-likeness (QED) is 0.714. The monoisotopic (exact) mass is 339 g/mol. The third kappa shape index (κ3) is 2.63. The number of fused-ring (bicyclic) bond motifs is 1. The molecule has 0 aliphatic heterocycles. The molecular formula is C18H17N3O2S. The fourth-order valence-electron chi connectivity index (χ4n) is 3.01. The third-order valence-electron chi connectivity index (χ3n) is 4.17. The Kier molecular flexibility index (Phi) is 3.90. The van der Waals surface area contributed by atoms with Crippen LogP contribution in [0, 0.1) is 0 Å².